The van der Waals surface area contributed by atoms with Crippen molar-refractivity contribution in [3.8, 4) is 5.75 Å². The molecule has 4 nitrogen and oxygen atoms in total. The number of nitro benzene ring substituents is 1. The number of nitro groups is 1. The molecule has 0 N–H and O–H groups in total. The molecule has 0 spiro atoms. The maximum absolute atomic E-state index is 10.5. The predicted molar refractivity (Wildman–Crippen MR) is 48.9 cm³/mol. The lowest BCUT2D eigenvalue weighted by Gasteiger charge is -2.02. The van der Waals surface area contributed by atoms with Gasteiger partial charge in [-0.05, 0) is 6.07 Å². The number of hydrogen-bond acceptors (Lipinski definition) is 3. The van der Waals surface area contributed by atoms with Crippen LogP contribution in [0.5, 0.6) is 5.75 Å². The fraction of sp³-hybridized carbons (Fsp3) is 0. The number of para-hydroxylation sites is 1. The second kappa shape index (κ2) is 3.91. The molecule has 1 aromatic carbocycles. The van der Waals surface area contributed by atoms with Crippen LogP contribution in [0, 0.1) is 10.1 Å². The van der Waals surface area contributed by atoms with E-state index >= 15 is 0 Å². The molecule has 0 aliphatic heterocycles. The van der Waals surface area contributed by atoms with Crippen LogP contribution >= 0.6 is 11.6 Å². The Kier molecular flexibility index (Phi) is 2.87. The van der Waals surface area contributed by atoms with Crippen molar-refractivity contribution in [3.05, 3.63) is 46.2 Å². The van der Waals surface area contributed by atoms with Gasteiger partial charge in [0.05, 0.1) is 16.2 Å². The van der Waals surface area contributed by atoms with Gasteiger partial charge in [0.2, 0.25) is 5.75 Å². The molecule has 0 aromatic heterocycles. The van der Waals surface area contributed by atoms with Crippen LogP contribution in [-0.2, 0) is 0 Å². The lowest BCUT2D eigenvalue weighted by atomic mass is 10.3. The van der Waals surface area contributed by atoms with E-state index in [0.29, 0.717) is 0 Å². The summed E-state index contributed by atoms with van der Waals surface area (Å²) >= 11 is 5.68. The number of benzene rings is 1. The SMILES string of the molecule is C=COc1c(Cl)cccc1[N+](=O)[O-]. The molecule has 0 bridgehead atoms. The van der Waals surface area contributed by atoms with E-state index in [0.717, 1.165) is 6.26 Å². The van der Waals surface area contributed by atoms with Gasteiger partial charge in [-0.3, -0.25) is 10.1 Å². The largest absolute Gasteiger partial charge is 0.457 e. The van der Waals surface area contributed by atoms with Gasteiger partial charge in [0.1, 0.15) is 0 Å². The Hall–Kier alpha value is -1.55. The summed E-state index contributed by atoms with van der Waals surface area (Å²) in [4.78, 5) is 9.92. The van der Waals surface area contributed by atoms with Crippen molar-refractivity contribution in [2.75, 3.05) is 0 Å². The van der Waals surface area contributed by atoms with Crippen molar-refractivity contribution in [2.24, 2.45) is 0 Å². The van der Waals surface area contributed by atoms with Gasteiger partial charge >= 0.3 is 5.69 Å². The number of ether oxygens (including phenoxy) is 1. The molecule has 0 atom stereocenters. The summed E-state index contributed by atoms with van der Waals surface area (Å²) in [5.74, 6) is 0.0177. The van der Waals surface area contributed by atoms with Crippen molar-refractivity contribution in [1.29, 1.82) is 0 Å². The molecular weight excluding hydrogens is 194 g/mol. The van der Waals surface area contributed by atoms with E-state index in [1.54, 1.807) is 0 Å². The Morgan fingerprint density at radius 2 is 2.31 bits per heavy atom. The van der Waals surface area contributed by atoms with Gasteiger partial charge in [0.15, 0.2) is 0 Å². The number of rotatable bonds is 3. The molecule has 0 radical (unpaired) electrons. The monoisotopic (exact) mass is 199 g/mol. The van der Waals surface area contributed by atoms with Crippen molar-refractivity contribution < 1.29 is 9.66 Å². The second-order valence-electron chi connectivity index (χ2n) is 2.13. The van der Waals surface area contributed by atoms with E-state index in [2.05, 4.69) is 6.58 Å². The normalized spacial score (nSPS) is 9.31. The van der Waals surface area contributed by atoms with Crippen LogP contribution in [0.25, 0.3) is 0 Å². The van der Waals surface area contributed by atoms with E-state index in [9.17, 15) is 10.1 Å². The first-order valence-electron chi connectivity index (χ1n) is 3.37. The minimum Gasteiger partial charge on any atom is -0.457 e. The molecule has 0 saturated carbocycles. The molecule has 0 amide bonds. The third kappa shape index (κ3) is 1.97. The highest BCUT2D eigenvalue weighted by atomic mass is 35.5. The zero-order valence-corrected chi connectivity index (χ0v) is 7.32. The first-order chi connectivity index (χ1) is 6.16. The van der Waals surface area contributed by atoms with Crippen LogP contribution in [0.2, 0.25) is 5.02 Å². The minimum absolute atomic E-state index is 0.0177. The molecule has 0 aliphatic carbocycles. The Morgan fingerprint density at radius 3 is 2.85 bits per heavy atom. The molecule has 1 aromatic rings. The molecule has 68 valence electrons. The van der Waals surface area contributed by atoms with E-state index in [4.69, 9.17) is 16.3 Å². The topological polar surface area (TPSA) is 52.4 Å². The maximum Gasteiger partial charge on any atom is 0.313 e. The molecule has 1 rings (SSSR count). The lowest BCUT2D eigenvalue weighted by molar-refractivity contribution is -0.385. The summed E-state index contributed by atoms with van der Waals surface area (Å²) in [7, 11) is 0. The Balaban J connectivity index is 3.24. The highest BCUT2D eigenvalue weighted by Crippen LogP contribution is 2.34. The standard InChI is InChI=1S/C8H6ClNO3/c1-2-13-8-6(9)4-3-5-7(8)10(11)12/h2-5H,1H2. The quantitative estimate of drug-likeness (QED) is 0.427. The summed E-state index contributed by atoms with van der Waals surface area (Å²) in [5, 5.41) is 10.7. The lowest BCUT2D eigenvalue weighted by Crippen LogP contribution is -1.92. The average Bonchev–Trinajstić information content (AvgIpc) is 2.08. The first-order valence-corrected chi connectivity index (χ1v) is 3.75. The highest BCUT2D eigenvalue weighted by molar-refractivity contribution is 6.32. The van der Waals surface area contributed by atoms with Gasteiger partial charge in [0, 0.05) is 6.07 Å². The van der Waals surface area contributed by atoms with Crippen LogP contribution in [0.15, 0.2) is 31.0 Å². The van der Waals surface area contributed by atoms with Crippen LogP contribution < -0.4 is 4.74 Å². The van der Waals surface area contributed by atoms with Crippen molar-refractivity contribution in [1.82, 2.24) is 0 Å². The smallest absolute Gasteiger partial charge is 0.313 e. The van der Waals surface area contributed by atoms with Gasteiger partial charge in [-0.1, -0.05) is 24.2 Å². The minimum atomic E-state index is -0.565. The fourth-order valence-corrected chi connectivity index (χ4v) is 1.06. The van der Waals surface area contributed by atoms with E-state index in [1.165, 1.54) is 18.2 Å². The first kappa shape index (κ1) is 9.54. The average molecular weight is 200 g/mol. The summed E-state index contributed by atoms with van der Waals surface area (Å²) < 4.78 is 4.82. The number of hydrogen-bond donors (Lipinski definition) is 0. The molecule has 13 heavy (non-hydrogen) atoms. The summed E-state index contributed by atoms with van der Waals surface area (Å²) in [6, 6.07) is 4.30. The van der Waals surface area contributed by atoms with Crippen LogP contribution in [-0.4, -0.2) is 4.92 Å². The zero-order valence-electron chi connectivity index (χ0n) is 6.57. The van der Waals surface area contributed by atoms with Crippen LogP contribution in [0.4, 0.5) is 5.69 Å². The Labute approximate surface area is 79.5 Å². The van der Waals surface area contributed by atoms with Crippen LogP contribution in [0.3, 0.4) is 0 Å². The van der Waals surface area contributed by atoms with Gasteiger partial charge in [-0.15, -0.1) is 0 Å². The fourth-order valence-electron chi connectivity index (χ4n) is 0.841. The Morgan fingerprint density at radius 1 is 1.62 bits per heavy atom. The molecule has 0 saturated heterocycles. The van der Waals surface area contributed by atoms with Gasteiger partial charge in [0.25, 0.3) is 0 Å². The zero-order chi connectivity index (χ0) is 9.84. The number of nitrogens with zero attached hydrogens (tertiary/aromatic N) is 1. The second-order valence-corrected chi connectivity index (χ2v) is 2.54. The molecule has 0 aliphatic rings. The van der Waals surface area contributed by atoms with Crippen molar-refractivity contribution in [3.63, 3.8) is 0 Å². The maximum atomic E-state index is 10.5. The predicted octanol–water partition coefficient (Wildman–Crippen LogP) is 2.77. The molecular formula is C8H6ClNO3. The van der Waals surface area contributed by atoms with E-state index < -0.39 is 4.92 Å². The van der Waals surface area contributed by atoms with Crippen molar-refractivity contribution >= 4 is 17.3 Å². The van der Waals surface area contributed by atoms with Crippen LogP contribution in [0.1, 0.15) is 0 Å². The summed E-state index contributed by atoms with van der Waals surface area (Å²) in [5.41, 5.74) is -0.174. The molecule has 5 heteroatoms. The third-order valence-electron chi connectivity index (χ3n) is 1.34. The van der Waals surface area contributed by atoms with Gasteiger partial charge in [-0.2, -0.15) is 0 Å². The molecule has 0 unspecified atom stereocenters. The summed E-state index contributed by atoms with van der Waals surface area (Å²) in [6.07, 6.45) is 1.09. The highest BCUT2D eigenvalue weighted by Gasteiger charge is 2.16. The molecule has 0 heterocycles. The summed E-state index contributed by atoms with van der Waals surface area (Å²) in [6.45, 7) is 3.29. The van der Waals surface area contributed by atoms with Crippen molar-refractivity contribution in [2.45, 2.75) is 0 Å². The van der Waals surface area contributed by atoms with Gasteiger partial charge < -0.3 is 4.74 Å². The van der Waals surface area contributed by atoms with Gasteiger partial charge in [-0.25, -0.2) is 0 Å². The number of halogens is 1. The van der Waals surface area contributed by atoms with E-state index in [-0.39, 0.29) is 16.5 Å². The molecule has 0 fully saturated rings. The third-order valence-corrected chi connectivity index (χ3v) is 1.64. The van der Waals surface area contributed by atoms with E-state index in [1.807, 2.05) is 0 Å². The Bertz CT molecular complexity index is 351.